The second-order valence-electron chi connectivity index (χ2n) is 6.36. The van der Waals surface area contributed by atoms with Crippen molar-refractivity contribution in [1.29, 1.82) is 0 Å². The van der Waals surface area contributed by atoms with Crippen LogP contribution in [-0.2, 0) is 12.8 Å². The second-order valence-corrected chi connectivity index (χ2v) is 7.45. The minimum absolute atomic E-state index is 0.0444. The Labute approximate surface area is 157 Å². The lowest BCUT2D eigenvalue weighted by Crippen LogP contribution is -2.21. The van der Waals surface area contributed by atoms with Gasteiger partial charge in [-0.05, 0) is 49.5 Å². The van der Waals surface area contributed by atoms with Crippen LogP contribution in [0.25, 0.3) is 10.2 Å². The number of nitrogens with zero attached hydrogens (tertiary/aromatic N) is 4. The molecule has 1 aliphatic rings. The molecule has 27 heavy (non-hydrogen) atoms. The van der Waals surface area contributed by atoms with Crippen LogP contribution < -0.4 is 10.7 Å². The molecule has 4 rings (SSSR count). The number of thiophene rings is 1. The lowest BCUT2D eigenvalue weighted by Gasteiger charge is -2.11. The molecule has 138 valence electrons. The van der Waals surface area contributed by atoms with E-state index in [0.717, 1.165) is 46.8 Å². The predicted octanol–water partition coefficient (Wildman–Crippen LogP) is 2.51. The van der Waals surface area contributed by atoms with E-state index in [2.05, 4.69) is 10.1 Å². The largest absolute Gasteiger partial charge is 0.867 e. The molecule has 0 unspecified atom stereocenters. The zero-order chi connectivity index (χ0) is 19.1. The molecule has 0 saturated carbocycles. The minimum Gasteiger partial charge on any atom is -0.867 e. The highest BCUT2D eigenvalue weighted by atomic mass is 32.1. The Morgan fingerprint density at radius 1 is 1.33 bits per heavy atom. The first kappa shape index (κ1) is 17.3. The molecule has 0 fully saturated rings. The number of hydrogen-bond donors (Lipinski definition) is 0. The van der Waals surface area contributed by atoms with Crippen molar-refractivity contribution in [3.63, 3.8) is 0 Å². The van der Waals surface area contributed by atoms with E-state index in [1.807, 2.05) is 0 Å². The third-order valence-corrected chi connectivity index (χ3v) is 5.85. The van der Waals surface area contributed by atoms with Crippen molar-refractivity contribution in [2.45, 2.75) is 32.6 Å². The number of fused-ring (bicyclic) bond motifs is 3. The Kier molecular flexibility index (Phi) is 4.23. The van der Waals surface area contributed by atoms with Crippen molar-refractivity contribution >= 4 is 33.5 Å². The Morgan fingerprint density at radius 2 is 2.11 bits per heavy atom. The smallest absolute Gasteiger partial charge is 0.283 e. The zero-order valence-electron chi connectivity index (χ0n) is 14.5. The van der Waals surface area contributed by atoms with Crippen molar-refractivity contribution in [2.75, 3.05) is 0 Å². The van der Waals surface area contributed by atoms with Gasteiger partial charge in [0.25, 0.3) is 11.2 Å². The van der Waals surface area contributed by atoms with Gasteiger partial charge in [-0.1, -0.05) is 12.1 Å². The standard InChI is InChI=1S/C18H16N4O4S/c1-10-20-17-15(12-6-2-3-8-14(12)27-17)18(24)21(10)19-9-11-5-4-7-13(16(11)23)22(25)26/h4-5,7,9,23H,2-3,6,8H2,1H3/p-1/b19-9-. The third kappa shape index (κ3) is 2.89. The van der Waals surface area contributed by atoms with E-state index >= 15 is 0 Å². The van der Waals surface area contributed by atoms with Gasteiger partial charge in [0.1, 0.15) is 10.7 Å². The summed E-state index contributed by atoms with van der Waals surface area (Å²) < 4.78 is 1.15. The molecular weight excluding hydrogens is 368 g/mol. The van der Waals surface area contributed by atoms with Crippen LogP contribution in [0.4, 0.5) is 5.69 Å². The summed E-state index contributed by atoms with van der Waals surface area (Å²) in [6.07, 6.45) is 5.16. The quantitative estimate of drug-likeness (QED) is 0.392. The molecule has 0 spiro atoms. The van der Waals surface area contributed by atoms with Gasteiger partial charge in [0.05, 0.1) is 16.5 Å². The lowest BCUT2D eigenvalue weighted by molar-refractivity contribution is -0.398. The summed E-state index contributed by atoms with van der Waals surface area (Å²) in [4.78, 5) is 29.6. The van der Waals surface area contributed by atoms with Crippen LogP contribution in [-0.4, -0.2) is 20.8 Å². The topological polar surface area (TPSA) is 113 Å². The number of para-hydroxylation sites is 1. The number of rotatable bonds is 3. The Bertz CT molecular complexity index is 1160. The lowest BCUT2D eigenvalue weighted by atomic mass is 9.97. The summed E-state index contributed by atoms with van der Waals surface area (Å²) in [5.74, 6) is -0.334. The minimum atomic E-state index is -0.737. The molecule has 0 radical (unpaired) electrons. The summed E-state index contributed by atoms with van der Waals surface area (Å²) in [5.41, 5.74) is 0.306. The van der Waals surface area contributed by atoms with Crippen molar-refractivity contribution in [3.05, 3.63) is 60.5 Å². The van der Waals surface area contributed by atoms with Crippen LogP contribution in [0.15, 0.2) is 28.1 Å². The van der Waals surface area contributed by atoms with Gasteiger partial charge in [-0.25, -0.2) is 4.98 Å². The van der Waals surface area contributed by atoms with Crippen LogP contribution in [0.5, 0.6) is 5.75 Å². The van der Waals surface area contributed by atoms with Crippen molar-refractivity contribution in [3.8, 4) is 5.75 Å². The fourth-order valence-electron chi connectivity index (χ4n) is 3.34. The van der Waals surface area contributed by atoms with Gasteiger partial charge in [-0.15, -0.1) is 11.3 Å². The number of benzene rings is 1. The van der Waals surface area contributed by atoms with E-state index in [1.54, 1.807) is 18.3 Å². The highest BCUT2D eigenvalue weighted by molar-refractivity contribution is 7.18. The van der Waals surface area contributed by atoms with Crippen LogP contribution in [0.2, 0.25) is 0 Å². The molecule has 3 aromatic rings. The summed E-state index contributed by atoms with van der Waals surface area (Å²) >= 11 is 1.56. The van der Waals surface area contributed by atoms with Crippen molar-refractivity contribution < 1.29 is 10.0 Å². The number of aromatic nitrogens is 2. The average Bonchev–Trinajstić information content (AvgIpc) is 3.00. The first-order chi connectivity index (χ1) is 13.0. The maximum atomic E-state index is 13.0. The van der Waals surface area contributed by atoms with Crippen LogP contribution in [0.1, 0.15) is 34.7 Å². The molecule has 1 aliphatic carbocycles. The molecule has 0 amide bonds. The third-order valence-electron chi connectivity index (χ3n) is 4.66. The Hall–Kier alpha value is -3.07. The summed E-state index contributed by atoms with van der Waals surface area (Å²) in [5, 5.41) is 27.7. The molecule has 0 bridgehead atoms. The maximum Gasteiger partial charge on any atom is 0.283 e. The van der Waals surface area contributed by atoms with E-state index in [4.69, 9.17) is 0 Å². The molecule has 9 heteroatoms. The molecule has 8 nitrogen and oxygen atoms in total. The molecule has 1 aromatic carbocycles. The summed E-state index contributed by atoms with van der Waals surface area (Å²) in [6.45, 7) is 1.67. The fourth-order valence-corrected chi connectivity index (χ4v) is 4.64. The molecule has 0 N–H and O–H groups in total. The number of nitro benzene ring substituents is 1. The molecule has 2 aromatic heterocycles. The van der Waals surface area contributed by atoms with Gasteiger partial charge in [0.2, 0.25) is 0 Å². The molecule has 2 heterocycles. The first-order valence-electron chi connectivity index (χ1n) is 8.50. The first-order valence-corrected chi connectivity index (χ1v) is 9.31. The van der Waals surface area contributed by atoms with Gasteiger partial charge >= 0.3 is 0 Å². The van der Waals surface area contributed by atoms with E-state index in [1.165, 1.54) is 23.2 Å². The van der Waals surface area contributed by atoms with Crippen LogP contribution in [0, 0.1) is 17.0 Å². The Balaban J connectivity index is 1.83. The number of hydrogen-bond acceptors (Lipinski definition) is 7. The average molecular weight is 383 g/mol. The monoisotopic (exact) mass is 383 g/mol. The van der Waals surface area contributed by atoms with Crippen molar-refractivity contribution in [1.82, 2.24) is 9.66 Å². The van der Waals surface area contributed by atoms with Gasteiger partial charge in [-0.2, -0.15) is 9.78 Å². The normalized spacial score (nSPS) is 14.0. The van der Waals surface area contributed by atoms with E-state index in [0.29, 0.717) is 11.2 Å². The van der Waals surface area contributed by atoms with Crippen LogP contribution >= 0.6 is 11.3 Å². The molecule has 0 atom stereocenters. The van der Waals surface area contributed by atoms with Crippen LogP contribution in [0.3, 0.4) is 0 Å². The van der Waals surface area contributed by atoms with E-state index < -0.39 is 16.4 Å². The molecular formula is C18H15N4O4S-. The Morgan fingerprint density at radius 3 is 2.89 bits per heavy atom. The second kappa shape index (κ2) is 6.58. The van der Waals surface area contributed by atoms with Gasteiger partial charge in [0.15, 0.2) is 0 Å². The number of nitro groups is 1. The SMILES string of the molecule is Cc1nc2sc3c(c2c(=O)n1/N=C\c1cccc([N+](=O)[O-])c1[O-])CCCC3. The zero-order valence-corrected chi connectivity index (χ0v) is 15.3. The predicted molar refractivity (Wildman–Crippen MR) is 101 cm³/mol. The summed E-state index contributed by atoms with van der Waals surface area (Å²) in [7, 11) is 0. The fraction of sp³-hybridized carbons (Fsp3) is 0.278. The molecule has 0 aliphatic heterocycles. The van der Waals surface area contributed by atoms with E-state index in [9.17, 15) is 20.0 Å². The molecule has 0 saturated heterocycles. The van der Waals surface area contributed by atoms with Gasteiger partial charge in [0, 0.05) is 10.9 Å². The summed E-state index contributed by atoms with van der Waals surface area (Å²) in [6, 6.07) is 3.98. The number of aryl methyl sites for hydroxylation is 3. The van der Waals surface area contributed by atoms with Crippen molar-refractivity contribution in [2.24, 2.45) is 5.10 Å². The highest BCUT2D eigenvalue weighted by Gasteiger charge is 2.21. The van der Waals surface area contributed by atoms with Gasteiger partial charge in [-0.3, -0.25) is 14.9 Å². The van der Waals surface area contributed by atoms with E-state index in [-0.39, 0.29) is 11.1 Å². The maximum absolute atomic E-state index is 13.0. The van der Waals surface area contributed by atoms with Gasteiger partial charge < -0.3 is 5.11 Å². The highest BCUT2D eigenvalue weighted by Crippen LogP contribution is 2.33.